The Labute approximate surface area is 110 Å². The Morgan fingerprint density at radius 1 is 1.32 bits per heavy atom. The van der Waals surface area contributed by atoms with Crippen molar-refractivity contribution in [1.82, 2.24) is 15.5 Å². The molecule has 0 atom stereocenters. The largest absolute Gasteiger partial charge is 0.350 e. The predicted molar refractivity (Wildman–Crippen MR) is 71.6 cm³/mol. The van der Waals surface area contributed by atoms with Crippen LogP contribution in [0, 0.1) is 5.92 Å². The summed E-state index contributed by atoms with van der Waals surface area (Å²) in [5, 5.41) is 10.8. The number of nitrogens with one attached hydrogen (secondary N) is 2. The number of carbonyl (C=O) groups excluding carboxylic acids is 1. The van der Waals surface area contributed by atoms with E-state index >= 15 is 0 Å². The molecule has 1 aromatic heterocycles. The molecule has 2 N–H and O–H groups in total. The Morgan fingerprint density at radius 2 is 2.05 bits per heavy atom. The number of carbonyl (C=O) groups is 1. The summed E-state index contributed by atoms with van der Waals surface area (Å²) in [7, 11) is 0. The summed E-state index contributed by atoms with van der Waals surface area (Å²) in [6.07, 6.45) is 3.09. The van der Waals surface area contributed by atoms with Gasteiger partial charge in [-0.1, -0.05) is 24.6 Å². The maximum atomic E-state index is 11.8. The average molecular weight is 257 g/mol. The average Bonchev–Trinajstić information content (AvgIpc) is 2.36. The van der Waals surface area contributed by atoms with E-state index in [9.17, 15) is 9.59 Å². The zero-order valence-corrected chi connectivity index (χ0v) is 10.5. The van der Waals surface area contributed by atoms with Crippen molar-refractivity contribution in [3.8, 4) is 0 Å². The minimum atomic E-state index is -0.204. The standard InChI is InChI=1S/C14H15N3O2/c18-13(9-4-3-5-9)15-8-12-10-6-1-2-7-11(10)14(19)17-16-12/h1-2,6-7,9H,3-5,8H2,(H,15,18)(H,17,19). The van der Waals surface area contributed by atoms with E-state index in [4.69, 9.17) is 0 Å². The van der Waals surface area contributed by atoms with Crippen LogP contribution in [-0.4, -0.2) is 16.1 Å². The van der Waals surface area contributed by atoms with E-state index in [1.807, 2.05) is 18.2 Å². The highest BCUT2D eigenvalue weighted by Gasteiger charge is 2.24. The van der Waals surface area contributed by atoms with Gasteiger partial charge < -0.3 is 5.32 Å². The van der Waals surface area contributed by atoms with Gasteiger partial charge in [0.2, 0.25) is 5.91 Å². The minimum absolute atomic E-state index is 0.0864. The van der Waals surface area contributed by atoms with Crippen molar-refractivity contribution in [2.45, 2.75) is 25.8 Å². The quantitative estimate of drug-likeness (QED) is 0.871. The molecule has 0 unspecified atom stereocenters. The van der Waals surface area contributed by atoms with Gasteiger partial charge in [-0.05, 0) is 18.9 Å². The summed E-state index contributed by atoms with van der Waals surface area (Å²) in [6.45, 7) is 0.354. The number of aromatic nitrogens is 2. The molecule has 1 saturated carbocycles. The number of hydrogen-bond acceptors (Lipinski definition) is 3. The fourth-order valence-electron chi connectivity index (χ4n) is 2.29. The molecular formula is C14H15N3O2. The van der Waals surface area contributed by atoms with Gasteiger partial charge >= 0.3 is 0 Å². The maximum absolute atomic E-state index is 11.8. The highest BCUT2D eigenvalue weighted by atomic mass is 16.2. The van der Waals surface area contributed by atoms with Crippen LogP contribution < -0.4 is 10.9 Å². The zero-order chi connectivity index (χ0) is 13.2. The molecule has 3 rings (SSSR count). The fraction of sp³-hybridized carbons (Fsp3) is 0.357. The first kappa shape index (κ1) is 11.9. The van der Waals surface area contributed by atoms with E-state index < -0.39 is 0 Å². The van der Waals surface area contributed by atoms with Crippen molar-refractivity contribution in [3.05, 3.63) is 40.3 Å². The van der Waals surface area contributed by atoms with Gasteiger partial charge in [0.05, 0.1) is 17.6 Å². The first-order valence-corrected chi connectivity index (χ1v) is 6.50. The molecule has 1 aromatic carbocycles. The predicted octanol–water partition coefficient (Wildman–Crippen LogP) is 1.34. The topological polar surface area (TPSA) is 74.8 Å². The Bertz CT molecular complexity index is 674. The number of aromatic amines is 1. The number of hydrogen-bond donors (Lipinski definition) is 2. The van der Waals surface area contributed by atoms with Crippen LogP contribution in [0.2, 0.25) is 0 Å². The minimum Gasteiger partial charge on any atom is -0.350 e. The zero-order valence-electron chi connectivity index (χ0n) is 10.5. The number of amides is 1. The molecule has 5 heteroatoms. The summed E-state index contributed by atoms with van der Waals surface area (Å²) < 4.78 is 0. The van der Waals surface area contributed by atoms with Crippen LogP contribution in [0.4, 0.5) is 0 Å². The second kappa shape index (κ2) is 4.84. The molecule has 1 amide bonds. The summed E-state index contributed by atoms with van der Waals surface area (Å²) in [5.41, 5.74) is 0.493. The van der Waals surface area contributed by atoms with E-state index in [-0.39, 0.29) is 17.4 Å². The molecule has 0 radical (unpaired) electrons. The lowest BCUT2D eigenvalue weighted by Gasteiger charge is -2.23. The molecule has 1 aliphatic carbocycles. The van der Waals surface area contributed by atoms with E-state index in [1.54, 1.807) is 6.07 Å². The first-order valence-electron chi connectivity index (χ1n) is 6.50. The smallest absolute Gasteiger partial charge is 0.272 e. The molecule has 19 heavy (non-hydrogen) atoms. The third-order valence-corrected chi connectivity index (χ3v) is 3.68. The van der Waals surface area contributed by atoms with Crippen molar-refractivity contribution >= 4 is 16.7 Å². The van der Waals surface area contributed by atoms with Gasteiger partial charge in [-0.2, -0.15) is 5.10 Å². The molecule has 0 spiro atoms. The Morgan fingerprint density at radius 3 is 2.74 bits per heavy atom. The fourth-order valence-corrected chi connectivity index (χ4v) is 2.29. The molecule has 5 nitrogen and oxygen atoms in total. The third-order valence-electron chi connectivity index (χ3n) is 3.68. The van der Waals surface area contributed by atoms with Crippen molar-refractivity contribution in [2.75, 3.05) is 0 Å². The number of H-pyrrole nitrogens is 1. The first-order chi connectivity index (χ1) is 9.25. The molecular weight excluding hydrogens is 242 g/mol. The molecule has 2 aromatic rings. The van der Waals surface area contributed by atoms with Crippen molar-refractivity contribution < 1.29 is 4.79 Å². The van der Waals surface area contributed by atoms with Crippen LogP contribution in [0.1, 0.15) is 25.0 Å². The normalized spacial score (nSPS) is 15.2. The second-order valence-electron chi connectivity index (χ2n) is 4.89. The van der Waals surface area contributed by atoms with Gasteiger partial charge in [0.25, 0.3) is 5.56 Å². The number of benzene rings is 1. The lowest BCUT2D eigenvalue weighted by Crippen LogP contribution is -2.34. The lowest BCUT2D eigenvalue weighted by molar-refractivity contribution is -0.127. The van der Waals surface area contributed by atoms with E-state index in [0.717, 1.165) is 24.6 Å². The second-order valence-corrected chi connectivity index (χ2v) is 4.89. The lowest BCUT2D eigenvalue weighted by atomic mass is 9.85. The number of nitrogens with zero attached hydrogens (tertiary/aromatic N) is 1. The van der Waals surface area contributed by atoms with Crippen molar-refractivity contribution in [1.29, 1.82) is 0 Å². The highest BCUT2D eigenvalue weighted by molar-refractivity contribution is 5.84. The van der Waals surface area contributed by atoms with Crippen LogP contribution in [0.15, 0.2) is 29.1 Å². The number of fused-ring (bicyclic) bond motifs is 1. The number of rotatable bonds is 3. The van der Waals surface area contributed by atoms with Crippen LogP contribution in [0.5, 0.6) is 0 Å². The van der Waals surface area contributed by atoms with Gasteiger partial charge in [0, 0.05) is 11.3 Å². The van der Waals surface area contributed by atoms with E-state index in [2.05, 4.69) is 15.5 Å². The van der Waals surface area contributed by atoms with Gasteiger partial charge in [0.15, 0.2) is 0 Å². The summed E-state index contributed by atoms with van der Waals surface area (Å²) in [4.78, 5) is 23.4. The van der Waals surface area contributed by atoms with Crippen LogP contribution in [0.25, 0.3) is 10.8 Å². The maximum Gasteiger partial charge on any atom is 0.272 e. The molecule has 0 saturated heterocycles. The van der Waals surface area contributed by atoms with E-state index in [0.29, 0.717) is 17.6 Å². The van der Waals surface area contributed by atoms with Crippen LogP contribution in [-0.2, 0) is 11.3 Å². The SMILES string of the molecule is O=C(NCc1n[nH]c(=O)c2ccccc12)C1CCC1. The van der Waals surface area contributed by atoms with E-state index in [1.165, 1.54) is 0 Å². The molecule has 98 valence electrons. The van der Waals surface area contributed by atoms with Crippen LogP contribution >= 0.6 is 0 Å². The monoisotopic (exact) mass is 257 g/mol. The summed E-state index contributed by atoms with van der Waals surface area (Å²) in [6, 6.07) is 7.28. The molecule has 1 fully saturated rings. The summed E-state index contributed by atoms with van der Waals surface area (Å²) in [5.74, 6) is 0.248. The highest BCUT2D eigenvalue weighted by Crippen LogP contribution is 2.26. The van der Waals surface area contributed by atoms with Crippen molar-refractivity contribution in [3.63, 3.8) is 0 Å². The van der Waals surface area contributed by atoms with Crippen molar-refractivity contribution in [2.24, 2.45) is 5.92 Å². The van der Waals surface area contributed by atoms with Gasteiger partial charge in [-0.3, -0.25) is 9.59 Å². The molecule has 1 heterocycles. The van der Waals surface area contributed by atoms with Gasteiger partial charge in [0.1, 0.15) is 0 Å². The third kappa shape index (κ3) is 2.23. The molecule has 0 bridgehead atoms. The molecule has 1 aliphatic rings. The summed E-state index contributed by atoms with van der Waals surface area (Å²) >= 11 is 0. The molecule has 0 aliphatic heterocycles. The Hall–Kier alpha value is -2.17. The Balaban J connectivity index is 1.83. The van der Waals surface area contributed by atoms with Crippen LogP contribution in [0.3, 0.4) is 0 Å². The Kier molecular flexibility index (Phi) is 3.03. The van der Waals surface area contributed by atoms with Gasteiger partial charge in [-0.15, -0.1) is 0 Å². The van der Waals surface area contributed by atoms with Gasteiger partial charge in [-0.25, -0.2) is 5.10 Å².